The third-order valence-corrected chi connectivity index (χ3v) is 2.16. The summed E-state index contributed by atoms with van der Waals surface area (Å²) in [7, 11) is 0. The lowest BCUT2D eigenvalue weighted by atomic mass is 10.1. The second-order valence-electron chi connectivity index (χ2n) is 3.33. The molecule has 6 heteroatoms. The molecule has 0 radical (unpaired) electrons. The third kappa shape index (κ3) is 3.03. The van der Waals surface area contributed by atoms with Gasteiger partial charge in [0.2, 0.25) is 0 Å². The maximum atomic E-state index is 10.7. The number of carboxylic acid groups (broad SMARTS) is 1. The number of benzene rings is 1. The van der Waals surface area contributed by atoms with Gasteiger partial charge in [-0.2, -0.15) is 0 Å². The zero-order chi connectivity index (χ0) is 12.1. The molecule has 0 aliphatic heterocycles. The maximum Gasteiger partial charge on any atom is 0.320 e. The van der Waals surface area contributed by atoms with E-state index in [2.05, 4.69) is 5.32 Å². The van der Waals surface area contributed by atoms with Gasteiger partial charge in [-0.25, -0.2) is 0 Å². The lowest BCUT2D eigenvalue weighted by Gasteiger charge is -2.08. The average Bonchev–Trinajstić information content (AvgIpc) is 2.25. The van der Waals surface area contributed by atoms with E-state index in [4.69, 9.17) is 5.11 Å². The predicted molar refractivity (Wildman–Crippen MR) is 57.0 cm³/mol. The minimum atomic E-state index is -0.987. The second-order valence-corrected chi connectivity index (χ2v) is 3.33. The monoisotopic (exact) mass is 224 g/mol. The van der Waals surface area contributed by atoms with E-state index in [1.54, 1.807) is 18.2 Å². The Kier molecular flexibility index (Phi) is 3.96. The van der Waals surface area contributed by atoms with Crippen molar-refractivity contribution >= 4 is 11.7 Å². The Morgan fingerprint density at radius 1 is 1.56 bits per heavy atom. The predicted octanol–water partition coefficient (Wildman–Crippen LogP) is 1.16. The summed E-state index contributed by atoms with van der Waals surface area (Å²) in [6, 6.07) is 5.50. The quantitative estimate of drug-likeness (QED) is 0.578. The van der Waals surface area contributed by atoms with Crippen LogP contribution in [-0.2, 0) is 11.3 Å². The van der Waals surface area contributed by atoms with E-state index in [1.807, 2.05) is 0 Å². The number of carbonyl (C=O) groups is 1. The van der Waals surface area contributed by atoms with Crippen LogP contribution in [0.5, 0.6) is 0 Å². The van der Waals surface area contributed by atoms with E-state index < -0.39 is 16.9 Å². The molecule has 0 aliphatic rings. The van der Waals surface area contributed by atoms with Crippen molar-refractivity contribution in [2.24, 2.45) is 0 Å². The summed E-state index contributed by atoms with van der Waals surface area (Å²) in [5.41, 5.74) is 0.466. The molecule has 1 aromatic rings. The van der Waals surface area contributed by atoms with Gasteiger partial charge in [0.1, 0.15) is 6.04 Å². The fraction of sp³-hybridized carbons (Fsp3) is 0.300. The number of para-hydroxylation sites is 1. The molecule has 1 aromatic carbocycles. The van der Waals surface area contributed by atoms with Crippen molar-refractivity contribution in [2.75, 3.05) is 0 Å². The van der Waals surface area contributed by atoms with E-state index in [-0.39, 0.29) is 12.2 Å². The highest BCUT2D eigenvalue weighted by atomic mass is 16.6. The Bertz CT molecular complexity index is 406. The number of hydrogen-bond acceptors (Lipinski definition) is 4. The molecule has 1 atom stereocenters. The summed E-state index contributed by atoms with van der Waals surface area (Å²) in [6.45, 7) is 1.64. The third-order valence-electron chi connectivity index (χ3n) is 2.16. The Hall–Kier alpha value is -1.95. The van der Waals surface area contributed by atoms with Gasteiger partial charge >= 0.3 is 5.97 Å². The molecule has 0 bridgehead atoms. The first-order valence-corrected chi connectivity index (χ1v) is 4.71. The van der Waals surface area contributed by atoms with Crippen LogP contribution < -0.4 is 5.32 Å². The Morgan fingerprint density at radius 3 is 2.75 bits per heavy atom. The van der Waals surface area contributed by atoms with Gasteiger partial charge in [-0.1, -0.05) is 18.2 Å². The molecular formula is C10H12N2O4. The molecule has 0 aromatic heterocycles. The molecule has 0 fully saturated rings. The van der Waals surface area contributed by atoms with Gasteiger partial charge < -0.3 is 10.4 Å². The van der Waals surface area contributed by atoms with Crippen molar-refractivity contribution in [2.45, 2.75) is 19.5 Å². The maximum absolute atomic E-state index is 10.7. The zero-order valence-electron chi connectivity index (χ0n) is 8.71. The van der Waals surface area contributed by atoms with Crippen molar-refractivity contribution in [1.82, 2.24) is 5.32 Å². The van der Waals surface area contributed by atoms with E-state index >= 15 is 0 Å². The molecule has 86 valence electrons. The van der Waals surface area contributed by atoms with Gasteiger partial charge in [0, 0.05) is 18.2 Å². The number of nitro groups is 1. The van der Waals surface area contributed by atoms with Crippen molar-refractivity contribution in [1.29, 1.82) is 0 Å². The second kappa shape index (κ2) is 5.22. The van der Waals surface area contributed by atoms with Gasteiger partial charge in [-0.3, -0.25) is 14.9 Å². The SMILES string of the molecule is CC(NCc1ccccc1[N+](=O)[O-])C(=O)O. The summed E-state index contributed by atoms with van der Waals surface area (Å²) in [5.74, 6) is -0.987. The van der Waals surface area contributed by atoms with Gasteiger partial charge in [0.05, 0.1) is 4.92 Å². The molecule has 0 amide bonds. The fourth-order valence-corrected chi connectivity index (χ4v) is 1.19. The smallest absolute Gasteiger partial charge is 0.320 e. The molecule has 0 aliphatic carbocycles. The molecule has 0 heterocycles. The largest absolute Gasteiger partial charge is 0.480 e. The van der Waals surface area contributed by atoms with Crippen molar-refractivity contribution in [3.05, 3.63) is 39.9 Å². The molecule has 0 spiro atoms. The van der Waals surface area contributed by atoms with Gasteiger partial charge in [0.25, 0.3) is 5.69 Å². The summed E-state index contributed by atoms with van der Waals surface area (Å²) in [4.78, 5) is 20.7. The normalized spacial score (nSPS) is 12.1. The van der Waals surface area contributed by atoms with Crippen LogP contribution in [0.25, 0.3) is 0 Å². The van der Waals surface area contributed by atoms with Crippen LogP contribution >= 0.6 is 0 Å². The summed E-state index contributed by atoms with van der Waals surface area (Å²) < 4.78 is 0. The fourth-order valence-electron chi connectivity index (χ4n) is 1.19. The van der Waals surface area contributed by atoms with Crippen LogP contribution in [0.2, 0.25) is 0 Å². The number of rotatable bonds is 5. The van der Waals surface area contributed by atoms with Gasteiger partial charge in [-0.15, -0.1) is 0 Å². The van der Waals surface area contributed by atoms with Crippen molar-refractivity contribution in [3.8, 4) is 0 Å². The zero-order valence-corrected chi connectivity index (χ0v) is 8.71. The molecule has 0 saturated heterocycles. The molecule has 6 nitrogen and oxygen atoms in total. The number of nitrogens with one attached hydrogen (secondary N) is 1. The minimum Gasteiger partial charge on any atom is -0.480 e. The summed E-state index contributed by atoms with van der Waals surface area (Å²) >= 11 is 0. The van der Waals surface area contributed by atoms with Crippen molar-refractivity contribution < 1.29 is 14.8 Å². The molecule has 1 unspecified atom stereocenters. The first kappa shape index (κ1) is 12.1. The van der Waals surface area contributed by atoms with Crippen LogP contribution in [0.15, 0.2) is 24.3 Å². The van der Waals surface area contributed by atoms with E-state index in [9.17, 15) is 14.9 Å². The summed E-state index contributed by atoms with van der Waals surface area (Å²) in [6.07, 6.45) is 0. The standard InChI is InChI=1S/C10H12N2O4/c1-7(10(13)14)11-6-8-4-2-3-5-9(8)12(15)16/h2-5,7,11H,6H2,1H3,(H,13,14). The lowest BCUT2D eigenvalue weighted by Crippen LogP contribution is -2.33. The number of aliphatic carboxylic acids is 1. The lowest BCUT2D eigenvalue weighted by molar-refractivity contribution is -0.385. The van der Waals surface area contributed by atoms with Crippen molar-refractivity contribution in [3.63, 3.8) is 0 Å². The average molecular weight is 224 g/mol. The number of nitro benzene ring substituents is 1. The van der Waals surface area contributed by atoms with Crippen LogP contribution in [0.4, 0.5) is 5.69 Å². The molecule has 16 heavy (non-hydrogen) atoms. The minimum absolute atomic E-state index is 0.00686. The first-order chi connectivity index (χ1) is 7.52. The Balaban J connectivity index is 2.74. The van der Waals surface area contributed by atoms with Crippen LogP contribution in [0, 0.1) is 10.1 Å². The molecule has 2 N–H and O–H groups in total. The Labute approximate surface area is 92.0 Å². The van der Waals surface area contributed by atoms with Gasteiger partial charge in [0.15, 0.2) is 0 Å². The van der Waals surface area contributed by atoms with E-state index in [1.165, 1.54) is 13.0 Å². The highest BCUT2D eigenvalue weighted by Crippen LogP contribution is 2.17. The van der Waals surface area contributed by atoms with E-state index in [0.717, 1.165) is 0 Å². The number of hydrogen-bond donors (Lipinski definition) is 2. The summed E-state index contributed by atoms with van der Waals surface area (Å²) in [5, 5.41) is 22.0. The van der Waals surface area contributed by atoms with Crippen LogP contribution in [0.1, 0.15) is 12.5 Å². The Morgan fingerprint density at radius 2 is 2.19 bits per heavy atom. The first-order valence-electron chi connectivity index (χ1n) is 4.71. The number of nitrogens with zero attached hydrogens (tertiary/aromatic N) is 1. The molecule has 1 rings (SSSR count). The number of carboxylic acids is 1. The van der Waals surface area contributed by atoms with E-state index in [0.29, 0.717) is 5.56 Å². The molecule has 0 saturated carbocycles. The highest BCUT2D eigenvalue weighted by molar-refractivity contribution is 5.72. The van der Waals surface area contributed by atoms with Gasteiger partial charge in [-0.05, 0) is 6.92 Å². The van der Waals surface area contributed by atoms with Crippen LogP contribution in [-0.4, -0.2) is 22.0 Å². The topological polar surface area (TPSA) is 92.5 Å². The highest BCUT2D eigenvalue weighted by Gasteiger charge is 2.15. The molecular weight excluding hydrogens is 212 g/mol. The van der Waals surface area contributed by atoms with Crippen LogP contribution in [0.3, 0.4) is 0 Å².